The van der Waals surface area contributed by atoms with Gasteiger partial charge in [0.25, 0.3) is 5.91 Å². The largest absolute Gasteiger partial charge is 0.474 e. The van der Waals surface area contributed by atoms with Gasteiger partial charge in [-0.15, -0.1) is 0 Å². The van der Waals surface area contributed by atoms with Crippen LogP contribution < -0.4 is 10.1 Å². The van der Waals surface area contributed by atoms with E-state index >= 15 is 0 Å². The number of amides is 1. The molecule has 2 heterocycles. The maximum Gasteiger partial charge on any atom is 0.255 e. The number of aromatic nitrogens is 3. The molecule has 22 heavy (non-hydrogen) atoms. The van der Waals surface area contributed by atoms with Crippen LogP contribution in [0.15, 0.2) is 24.5 Å². The maximum atomic E-state index is 12.3. The highest BCUT2D eigenvalue weighted by Crippen LogP contribution is 2.22. The van der Waals surface area contributed by atoms with Crippen molar-refractivity contribution in [2.45, 2.75) is 32.7 Å². The Morgan fingerprint density at radius 2 is 2.32 bits per heavy atom. The molecule has 7 heteroatoms. The van der Waals surface area contributed by atoms with Crippen molar-refractivity contribution < 1.29 is 9.53 Å². The predicted molar refractivity (Wildman–Crippen MR) is 84.2 cm³/mol. The molecule has 0 radical (unpaired) electrons. The molecule has 2 aromatic rings. The summed E-state index contributed by atoms with van der Waals surface area (Å²) in [5.41, 5.74) is 0.710. The lowest BCUT2D eigenvalue weighted by Crippen LogP contribution is -2.50. The molecule has 6 nitrogen and oxygen atoms in total. The Balaban J connectivity index is 2.04. The number of hydrogen-bond acceptors (Lipinski definition) is 4. The van der Waals surface area contributed by atoms with Gasteiger partial charge < -0.3 is 10.1 Å². The van der Waals surface area contributed by atoms with Gasteiger partial charge in [0.15, 0.2) is 0 Å². The molecule has 2 aromatic heterocycles. The van der Waals surface area contributed by atoms with E-state index in [1.54, 1.807) is 25.3 Å². The summed E-state index contributed by atoms with van der Waals surface area (Å²) in [6.45, 7) is 5.96. The summed E-state index contributed by atoms with van der Waals surface area (Å²) in [6.07, 6.45) is 3.81. The molecule has 2 N–H and O–H groups in total. The Labute approximate surface area is 134 Å². The number of hydrogen-bond donors (Lipinski definition) is 2. The van der Waals surface area contributed by atoms with E-state index in [0.29, 0.717) is 22.9 Å². The smallest absolute Gasteiger partial charge is 0.255 e. The standard InChI is InChI=1S/C15H19ClN4O2/c1-4-15(3,9-22-14-12(16)6-5-7-17-14)19-13(21)11-8-18-20-10(11)2/h5-8H,4,9H2,1-3H3,(H,18,20)(H,19,21)/t15-/m1/s1. The van der Waals surface area contributed by atoms with E-state index in [1.807, 2.05) is 13.8 Å². The molecule has 1 amide bonds. The van der Waals surface area contributed by atoms with E-state index < -0.39 is 5.54 Å². The lowest BCUT2D eigenvalue weighted by Gasteiger charge is -2.29. The van der Waals surface area contributed by atoms with Crippen LogP contribution in [-0.4, -0.2) is 33.2 Å². The number of carbonyl (C=O) groups excluding carboxylic acids is 1. The number of H-pyrrole nitrogens is 1. The van der Waals surface area contributed by atoms with Gasteiger partial charge >= 0.3 is 0 Å². The average molecular weight is 323 g/mol. The van der Waals surface area contributed by atoms with Gasteiger partial charge in [-0.3, -0.25) is 9.89 Å². The van der Waals surface area contributed by atoms with Crippen molar-refractivity contribution in [3.8, 4) is 5.88 Å². The zero-order valence-corrected chi connectivity index (χ0v) is 13.6. The molecule has 0 unspecified atom stereocenters. The van der Waals surface area contributed by atoms with Gasteiger partial charge in [-0.25, -0.2) is 4.98 Å². The van der Waals surface area contributed by atoms with Crippen LogP contribution in [0.5, 0.6) is 5.88 Å². The molecule has 0 aromatic carbocycles. The fourth-order valence-electron chi connectivity index (χ4n) is 1.85. The Morgan fingerprint density at radius 1 is 1.55 bits per heavy atom. The lowest BCUT2D eigenvalue weighted by atomic mass is 9.99. The molecule has 0 spiro atoms. The Hall–Kier alpha value is -2.08. The van der Waals surface area contributed by atoms with Crippen LogP contribution in [0.1, 0.15) is 36.3 Å². The normalized spacial score (nSPS) is 13.5. The van der Waals surface area contributed by atoms with Gasteiger partial charge in [-0.2, -0.15) is 5.10 Å². The summed E-state index contributed by atoms with van der Waals surface area (Å²) in [5.74, 6) is 0.170. The maximum absolute atomic E-state index is 12.3. The average Bonchev–Trinajstić information content (AvgIpc) is 2.93. The minimum absolute atomic E-state index is 0.189. The first-order valence-electron chi connectivity index (χ1n) is 7.01. The zero-order chi connectivity index (χ0) is 16.2. The molecule has 0 saturated heterocycles. The van der Waals surface area contributed by atoms with E-state index in [1.165, 1.54) is 6.20 Å². The topological polar surface area (TPSA) is 79.9 Å². The van der Waals surface area contributed by atoms with Crippen LogP contribution in [0.2, 0.25) is 5.02 Å². The van der Waals surface area contributed by atoms with Crippen molar-refractivity contribution in [2.75, 3.05) is 6.61 Å². The van der Waals surface area contributed by atoms with Crippen molar-refractivity contribution >= 4 is 17.5 Å². The summed E-state index contributed by atoms with van der Waals surface area (Å²) >= 11 is 6.02. The highest BCUT2D eigenvalue weighted by Gasteiger charge is 2.27. The van der Waals surface area contributed by atoms with Crippen molar-refractivity contribution in [3.05, 3.63) is 40.8 Å². The number of rotatable bonds is 6. The number of carbonyl (C=O) groups is 1. The fourth-order valence-corrected chi connectivity index (χ4v) is 2.03. The van der Waals surface area contributed by atoms with Crippen LogP contribution in [0.4, 0.5) is 0 Å². The van der Waals surface area contributed by atoms with E-state index in [4.69, 9.17) is 16.3 Å². The first kappa shape index (κ1) is 16.3. The van der Waals surface area contributed by atoms with E-state index in [-0.39, 0.29) is 12.5 Å². The summed E-state index contributed by atoms with van der Waals surface area (Å²) in [5, 5.41) is 10.0. The minimum Gasteiger partial charge on any atom is -0.474 e. The van der Waals surface area contributed by atoms with Crippen LogP contribution in [0.25, 0.3) is 0 Å². The number of nitrogens with zero attached hydrogens (tertiary/aromatic N) is 2. The van der Waals surface area contributed by atoms with E-state index in [0.717, 1.165) is 5.69 Å². The number of pyridine rings is 1. The first-order chi connectivity index (χ1) is 10.4. The first-order valence-corrected chi connectivity index (χ1v) is 7.39. The second kappa shape index (κ2) is 6.79. The molecule has 0 fully saturated rings. The highest BCUT2D eigenvalue weighted by molar-refractivity contribution is 6.31. The van der Waals surface area contributed by atoms with Crippen LogP contribution >= 0.6 is 11.6 Å². The van der Waals surface area contributed by atoms with Crippen LogP contribution in [0.3, 0.4) is 0 Å². The molecular weight excluding hydrogens is 304 g/mol. The Bertz CT molecular complexity index is 658. The number of ether oxygens (including phenoxy) is 1. The second-order valence-electron chi connectivity index (χ2n) is 5.36. The highest BCUT2D eigenvalue weighted by atomic mass is 35.5. The molecule has 118 valence electrons. The third-order valence-corrected chi connectivity index (χ3v) is 3.81. The number of nitrogens with one attached hydrogen (secondary N) is 2. The summed E-state index contributed by atoms with van der Waals surface area (Å²) < 4.78 is 5.66. The minimum atomic E-state index is -0.540. The molecule has 0 saturated carbocycles. The fraction of sp³-hybridized carbons (Fsp3) is 0.400. The van der Waals surface area contributed by atoms with Crippen LogP contribution in [0, 0.1) is 6.92 Å². The molecule has 0 aliphatic heterocycles. The molecular formula is C15H19ClN4O2. The van der Waals surface area contributed by atoms with Gasteiger partial charge in [0.2, 0.25) is 5.88 Å². The molecule has 0 aliphatic carbocycles. The van der Waals surface area contributed by atoms with Gasteiger partial charge in [0.1, 0.15) is 11.6 Å². The summed E-state index contributed by atoms with van der Waals surface area (Å²) in [6, 6.07) is 3.44. The monoisotopic (exact) mass is 322 g/mol. The van der Waals surface area contributed by atoms with Crippen LogP contribution in [-0.2, 0) is 0 Å². The number of aryl methyl sites for hydroxylation is 1. The van der Waals surface area contributed by atoms with Gasteiger partial charge in [-0.1, -0.05) is 18.5 Å². The van der Waals surface area contributed by atoms with E-state index in [9.17, 15) is 4.79 Å². The third kappa shape index (κ3) is 3.76. The van der Waals surface area contributed by atoms with Crippen molar-refractivity contribution in [1.29, 1.82) is 0 Å². The SMILES string of the molecule is CC[C@](C)(COc1ncccc1Cl)NC(=O)c1cn[nH]c1C. The Kier molecular flexibility index (Phi) is 5.03. The van der Waals surface area contributed by atoms with Crippen molar-refractivity contribution in [1.82, 2.24) is 20.5 Å². The Morgan fingerprint density at radius 3 is 2.91 bits per heavy atom. The predicted octanol–water partition coefficient (Wildman–Crippen LogP) is 2.74. The number of halogens is 1. The second-order valence-corrected chi connectivity index (χ2v) is 5.76. The lowest BCUT2D eigenvalue weighted by molar-refractivity contribution is 0.0859. The third-order valence-electron chi connectivity index (χ3n) is 3.52. The quantitative estimate of drug-likeness (QED) is 0.857. The summed E-state index contributed by atoms with van der Waals surface area (Å²) in [4.78, 5) is 16.4. The van der Waals surface area contributed by atoms with Gasteiger partial charge in [0.05, 0.1) is 17.3 Å². The molecule has 2 rings (SSSR count). The molecule has 0 aliphatic rings. The van der Waals surface area contributed by atoms with Crippen molar-refractivity contribution in [3.63, 3.8) is 0 Å². The summed E-state index contributed by atoms with van der Waals surface area (Å²) in [7, 11) is 0. The molecule has 0 bridgehead atoms. The van der Waals surface area contributed by atoms with Gasteiger partial charge in [-0.05, 0) is 32.4 Å². The van der Waals surface area contributed by atoms with Gasteiger partial charge in [0, 0.05) is 11.9 Å². The van der Waals surface area contributed by atoms with Crippen molar-refractivity contribution in [2.24, 2.45) is 0 Å². The van der Waals surface area contributed by atoms with E-state index in [2.05, 4.69) is 20.5 Å². The number of aromatic amines is 1. The molecule has 1 atom stereocenters. The zero-order valence-electron chi connectivity index (χ0n) is 12.8.